The Balaban J connectivity index is 2.38. The van der Waals surface area contributed by atoms with Crippen LogP contribution >= 0.6 is 0 Å². The van der Waals surface area contributed by atoms with E-state index in [0.29, 0.717) is 5.56 Å². The van der Waals surface area contributed by atoms with Crippen LogP contribution in [-0.4, -0.2) is 5.78 Å². The Bertz CT molecular complexity index is 606. The fourth-order valence-corrected chi connectivity index (χ4v) is 1.72. The molecule has 2 N–H and O–H groups in total. The molecular formula is C14H10F3NO. The van der Waals surface area contributed by atoms with E-state index in [4.69, 9.17) is 5.73 Å². The van der Waals surface area contributed by atoms with Gasteiger partial charge in [0, 0.05) is 16.8 Å². The van der Waals surface area contributed by atoms with Gasteiger partial charge in [0.05, 0.1) is 5.56 Å². The Labute approximate surface area is 107 Å². The first-order chi connectivity index (χ1) is 8.89. The van der Waals surface area contributed by atoms with Crippen LogP contribution in [0.2, 0.25) is 0 Å². The van der Waals surface area contributed by atoms with Crippen LogP contribution in [0.1, 0.15) is 21.5 Å². The minimum Gasteiger partial charge on any atom is -0.398 e. The van der Waals surface area contributed by atoms with Crippen molar-refractivity contribution in [3.8, 4) is 0 Å². The first-order valence-corrected chi connectivity index (χ1v) is 5.46. The van der Waals surface area contributed by atoms with E-state index < -0.39 is 17.4 Å². The molecule has 98 valence electrons. The number of rotatable bonds is 2. The van der Waals surface area contributed by atoms with Gasteiger partial charge >= 0.3 is 6.18 Å². The lowest BCUT2D eigenvalue weighted by atomic mass is 10.0. The van der Waals surface area contributed by atoms with Crippen molar-refractivity contribution in [2.24, 2.45) is 0 Å². The molecule has 19 heavy (non-hydrogen) atoms. The zero-order chi connectivity index (χ0) is 14.0. The highest BCUT2D eigenvalue weighted by Crippen LogP contribution is 2.34. The minimum atomic E-state index is -4.52. The average molecular weight is 265 g/mol. The van der Waals surface area contributed by atoms with Gasteiger partial charge in [0.25, 0.3) is 0 Å². The Morgan fingerprint density at radius 2 is 1.58 bits per heavy atom. The fourth-order valence-electron chi connectivity index (χ4n) is 1.72. The number of hydrogen-bond acceptors (Lipinski definition) is 2. The van der Waals surface area contributed by atoms with Crippen LogP contribution in [0.4, 0.5) is 18.9 Å². The Hall–Kier alpha value is -2.30. The molecule has 0 saturated heterocycles. The highest BCUT2D eigenvalue weighted by atomic mass is 19.4. The molecule has 2 aromatic carbocycles. The van der Waals surface area contributed by atoms with Gasteiger partial charge in [-0.05, 0) is 12.1 Å². The van der Waals surface area contributed by atoms with Crippen LogP contribution in [-0.2, 0) is 6.18 Å². The van der Waals surface area contributed by atoms with Crippen LogP contribution in [0, 0.1) is 0 Å². The number of nitrogen functional groups attached to an aromatic ring is 1. The third kappa shape index (κ3) is 2.76. The van der Waals surface area contributed by atoms with Crippen molar-refractivity contribution in [3.63, 3.8) is 0 Å². The van der Waals surface area contributed by atoms with Crippen LogP contribution in [0.25, 0.3) is 0 Å². The van der Waals surface area contributed by atoms with E-state index in [1.54, 1.807) is 30.3 Å². The normalized spacial score (nSPS) is 11.3. The molecule has 0 aliphatic heterocycles. The lowest BCUT2D eigenvalue weighted by Gasteiger charge is -2.11. The first-order valence-electron chi connectivity index (χ1n) is 5.46. The molecule has 0 fully saturated rings. The van der Waals surface area contributed by atoms with Gasteiger partial charge < -0.3 is 5.73 Å². The SMILES string of the molecule is Nc1cc(C(=O)c2ccccc2)ccc1C(F)(F)F. The molecule has 5 heteroatoms. The maximum absolute atomic E-state index is 12.5. The highest BCUT2D eigenvalue weighted by molar-refractivity contribution is 6.09. The molecule has 0 spiro atoms. The van der Waals surface area contributed by atoms with Crippen molar-refractivity contribution in [1.29, 1.82) is 0 Å². The molecule has 0 amide bonds. The van der Waals surface area contributed by atoms with Crippen LogP contribution < -0.4 is 5.73 Å². The summed E-state index contributed by atoms with van der Waals surface area (Å²) >= 11 is 0. The molecule has 0 heterocycles. The first kappa shape index (κ1) is 13.1. The molecule has 0 aliphatic rings. The predicted molar refractivity (Wildman–Crippen MR) is 65.7 cm³/mol. The van der Waals surface area contributed by atoms with E-state index in [0.717, 1.165) is 18.2 Å². The highest BCUT2D eigenvalue weighted by Gasteiger charge is 2.33. The van der Waals surface area contributed by atoms with Gasteiger partial charge in [-0.2, -0.15) is 13.2 Å². The maximum atomic E-state index is 12.5. The topological polar surface area (TPSA) is 43.1 Å². The number of ketones is 1. The molecular weight excluding hydrogens is 255 g/mol. The summed E-state index contributed by atoms with van der Waals surface area (Å²) < 4.78 is 37.6. The lowest BCUT2D eigenvalue weighted by Crippen LogP contribution is -2.10. The van der Waals surface area contributed by atoms with Crippen LogP contribution in [0.5, 0.6) is 0 Å². The third-order valence-electron chi connectivity index (χ3n) is 2.66. The van der Waals surface area contributed by atoms with Gasteiger partial charge in [-0.3, -0.25) is 4.79 Å². The zero-order valence-corrected chi connectivity index (χ0v) is 9.74. The van der Waals surface area contributed by atoms with Crippen molar-refractivity contribution < 1.29 is 18.0 Å². The Kier molecular flexibility index (Phi) is 3.29. The average Bonchev–Trinajstić information content (AvgIpc) is 2.37. The maximum Gasteiger partial charge on any atom is 0.418 e. The summed E-state index contributed by atoms with van der Waals surface area (Å²) in [5, 5.41) is 0. The van der Waals surface area contributed by atoms with Gasteiger partial charge in [-0.25, -0.2) is 0 Å². The lowest BCUT2D eigenvalue weighted by molar-refractivity contribution is -0.136. The molecule has 0 radical (unpaired) electrons. The number of halogens is 3. The standard InChI is InChI=1S/C14H10F3NO/c15-14(16,17)11-7-6-10(8-12(11)18)13(19)9-4-2-1-3-5-9/h1-8H,18H2. The van der Waals surface area contributed by atoms with Gasteiger partial charge in [-0.1, -0.05) is 36.4 Å². The summed E-state index contributed by atoms with van der Waals surface area (Å²) in [5.41, 5.74) is 4.51. The summed E-state index contributed by atoms with van der Waals surface area (Å²) in [6, 6.07) is 11.3. The minimum absolute atomic E-state index is 0.136. The van der Waals surface area contributed by atoms with Crippen molar-refractivity contribution in [2.45, 2.75) is 6.18 Å². The van der Waals surface area contributed by atoms with Crippen LogP contribution in [0.15, 0.2) is 48.5 Å². The second-order valence-electron chi connectivity index (χ2n) is 3.99. The van der Waals surface area contributed by atoms with Gasteiger partial charge in [0.1, 0.15) is 0 Å². The molecule has 0 bridgehead atoms. The van der Waals surface area contributed by atoms with E-state index in [9.17, 15) is 18.0 Å². The smallest absolute Gasteiger partial charge is 0.398 e. The van der Waals surface area contributed by atoms with E-state index in [-0.39, 0.29) is 11.3 Å². The van der Waals surface area contributed by atoms with Crippen molar-refractivity contribution in [1.82, 2.24) is 0 Å². The molecule has 2 rings (SSSR count). The Morgan fingerprint density at radius 3 is 2.11 bits per heavy atom. The molecule has 0 aromatic heterocycles. The predicted octanol–water partition coefficient (Wildman–Crippen LogP) is 3.52. The van der Waals surface area contributed by atoms with Gasteiger partial charge in [0.2, 0.25) is 0 Å². The van der Waals surface area contributed by atoms with Crippen molar-refractivity contribution >= 4 is 11.5 Å². The number of anilines is 1. The summed E-state index contributed by atoms with van der Waals surface area (Å²) in [6.45, 7) is 0. The van der Waals surface area contributed by atoms with Gasteiger partial charge in [-0.15, -0.1) is 0 Å². The quantitative estimate of drug-likeness (QED) is 0.667. The Morgan fingerprint density at radius 1 is 0.947 bits per heavy atom. The monoisotopic (exact) mass is 265 g/mol. The number of benzene rings is 2. The number of carbonyl (C=O) groups is 1. The summed E-state index contributed by atoms with van der Waals surface area (Å²) in [5.74, 6) is -0.360. The summed E-state index contributed by atoms with van der Waals surface area (Å²) in [6.07, 6.45) is -4.52. The van der Waals surface area contributed by atoms with E-state index in [1.807, 2.05) is 0 Å². The summed E-state index contributed by atoms with van der Waals surface area (Å²) in [7, 11) is 0. The number of nitrogens with two attached hydrogens (primary N) is 1. The number of alkyl halides is 3. The molecule has 0 aliphatic carbocycles. The zero-order valence-electron chi connectivity index (χ0n) is 9.74. The van der Waals surface area contributed by atoms with E-state index >= 15 is 0 Å². The van der Waals surface area contributed by atoms with Crippen molar-refractivity contribution in [3.05, 3.63) is 65.2 Å². The molecule has 0 atom stereocenters. The van der Waals surface area contributed by atoms with Crippen molar-refractivity contribution in [2.75, 3.05) is 5.73 Å². The fraction of sp³-hybridized carbons (Fsp3) is 0.0714. The van der Waals surface area contributed by atoms with E-state index in [2.05, 4.69) is 0 Å². The molecule has 2 aromatic rings. The molecule has 0 saturated carbocycles. The number of hydrogen-bond donors (Lipinski definition) is 1. The second kappa shape index (κ2) is 4.76. The third-order valence-corrected chi connectivity index (χ3v) is 2.66. The van der Waals surface area contributed by atoms with Crippen LogP contribution in [0.3, 0.4) is 0 Å². The second-order valence-corrected chi connectivity index (χ2v) is 3.99. The van der Waals surface area contributed by atoms with E-state index in [1.165, 1.54) is 0 Å². The van der Waals surface area contributed by atoms with Gasteiger partial charge in [0.15, 0.2) is 5.78 Å². The molecule has 2 nitrogen and oxygen atoms in total. The number of carbonyl (C=O) groups excluding carboxylic acids is 1. The summed E-state index contributed by atoms with van der Waals surface area (Å²) in [4.78, 5) is 12.0. The molecule has 0 unspecified atom stereocenters. The largest absolute Gasteiger partial charge is 0.418 e.